The van der Waals surface area contributed by atoms with E-state index in [0.29, 0.717) is 36.5 Å². The molecule has 0 saturated heterocycles. The molecule has 0 aromatic carbocycles. The molecule has 0 unspecified atom stereocenters. The minimum atomic E-state index is -0.0174. The van der Waals surface area contributed by atoms with Crippen LogP contribution in [0.15, 0.2) is 84.9 Å². The van der Waals surface area contributed by atoms with E-state index in [4.69, 9.17) is 0 Å². The van der Waals surface area contributed by atoms with Crippen molar-refractivity contribution in [3.63, 3.8) is 0 Å². The van der Waals surface area contributed by atoms with Gasteiger partial charge in [0.25, 0.3) is 0 Å². The minimum Gasteiger partial charge on any atom is -0.389 e. The van der Waals surface area contributed by atoms with Gasteiger partial charge in [-0.05, 0) is 90.4 Å². The molecule has 1 aliphatic carbocycles. The summed E-state index contributed by atoms with van der Waals surface area (Å²) in [6.45, 7) is 35.6. The summed E-state index contributed by atoms with van der Waals surface area (Å²) in [7, 11) is 6.02. The quantitative estimate of drug-likeness (QED) is 0.0288. The van der Waals surface area contributed by atoms with Gasteiger partial charge in [0.15, 0.2) is 0 Å². The first kappa shape index (κ1) is 45.4. The van der Waals surface area contributed by atoms with E-state index in [1.807, 2.05) is 20.8 Å². The Hall–Kier alpha value is -3.59. The molecule has 0 fully saturated rings. The molecule has 0 aromatic rings. The van der Waals surface area contributed by atoms with Gasteiger partial charge >= 0.3 is 0 Å². The molecule has 0 spiro atoms. The maximum absolute atomic E-state index is 11.8. The molecule has 0 heterocycles. The number of nitrogens with zero attached hydrogens (tertiary/aromatic N) is 3. The molecule has 280 valence electrons. The van der Waals surface area contributed by atoms with Crippen LogP contribution < -0.4 is 21.3 Å². The fourth-order valence-corrected chi connectivity index (χ4v) is 5.11. The van der Waals surface area contributed by atoms with Crippen molar-refractivity contribution >= 4 is 5.78 Å². The van der Waals surface area contributed by atoms with Crippen molar-refractivity contribution in [1.82, 2.24) is 36.1 Å². The number of nitrogens with one attached hydrogen (secondary N) is 4. The number of unbranched alkanes of at least 4 members (excludes halogenated alkanes) is 6. The molecule has 0 amide bonds. The fraction of sp³-hybridized carbons (Fsp3) is 0.625. The minimum absolute atomic E-state index is 0.0174. The van der Waals surface area contributed by atoms with Gasteiger partial charge < -0.3 is 31.1 Å². The average Bonchev–Trinajstić information content (AvgIpc) is 3.09. The van der Waals surface area contributed by atoms with E-state index in [1.165, 1.54) is 17.9 Å². The lowest BCUT2D eigenvalue weighted by molar-refractivity contribution is -0.113. The van der Waals surface area contributed by atoms with Crippen LogP contribution in [-0.4, -0.2) is 86.3 Å². The van der Waals surface area contributed by atoms with Crippen LogP contribution in [0.3, 0.4) is 0 Å². The summed E-state index contributed by atoms with van der Waals surface area (Å²) < 4.78 is 0. The second-order valence-electron chi connectivity index (χ2n) is 12.8. The van der Waals surface area contributed by atoms with Crippen LogP contribution in [0.1, 0.15) is 104 Å². The van der Waals surface area contributed by atoms with E-state index in [0.717, 1.165) is 119 Å². The maximum atomic E-state index is 11.8. The fourth-order valence-electron chi connectivity index (χ4n) is 5.11. The van der Waals surface area contributed by atoms with Gasteiger partial charge in [0, 0.05) is 94.5 Å². The first-order valence-electron chi connectivity index (χ1n) is 18.5. The number of likely N-dealkylation sites (N-methyl/N-ethyl adjacent to an activating group) is 1. The van der Waals surface area contributed by atoms with Crippen molar-refractivity contribution in [3.05, 3.63) is 84.9 Å². The molecule has 0 aliphatic heterocycles. The summed E-state index contributed by atoms with van der Waals surface area (Å²) in [4.78, 5) is 16.3. The van der Waals surface area contributed by atoms with E-state index in [1.54, 1.807) is 7.05 Å². The SMILES string of the molecule is C=C(CCC(=C)N(C)CCCCCNC(=C)CCC(=C)N(O)CCCCCNC1=C(NC)C(=C)C1=O)NCCCCCN(C)C(=C)C.CC. The van der Waals surface area contributed by atoms with Crippen molar-refractivity contribution < 1.29 is 10.0 Å². The van der Waals surface area contributed by atoms with Crippen LogP contribution in [-0.2, 0) is 4.79 Å². The number of hydrogen-bond acceptors (Lipinski definition) is 9. The zero-order valence-corrected chi connectivity index (χ0v) is 32.4. The monoisotopic (exact) mass is 684 g/mol. The third-order valence-corrected chi connectivity index (χ3v) is 8.73. The predicted octanol–water partition coefficient (Wildman–Crippen LogP) is 7.57. The zero-order valence-electron chi connectivity index (χ0n) is 32.4. The number of ketones is 1. The number of carbonyl (C=O) groups excluding carboxylic acids is 1. The highest BCUT2D eigenvalue weighted by Gasteiger charge is 2.30. The highest BCUT2D eigenvalue weighted by atomic mass is 16.5. The molecule has 1 rings (SSSR count). The van der Waals surface area contributed by atoms with Gasteiger partial charge in [0.1, 0.15) is 5.70 Å². The molecular formula is C40H73N7O2. The van der Waals surface area contributed by atoms with Crippen molar-refractivity contribution in [2.45, 2.75) is 104 Å². The summed E-state index contributed by atoms with van der Waals surface area (Å²) in [5.41, 5.74) is 7.02. The third-order valence-electron chi connectivity index (χ3n) is 8.73. The number of allylic oxidation sites excluding steroid dienone is 7. The molecule has 0 aromatic heterocycles. The van der Waals surface area contributed by atoms with Crippen LogP contribution in [0.25, 0.3) is 0 Å². The molecule has 49 heavy (non-hydrogen) atoms. The van der Waals surface area contributed by atoms with E-state index < -0.39 is 0 Å². The zero-order chi connectivity index (χ0) is 37.2. The Morgan fingerprint density at radius 2 is 1.12 bits per heavy atom. The van der Waals surface area contributed by atoms with E-state index in [9.17, 15) is 10.0 Å². The molecule has 0 bridgehead atoms. The molecular weight excluding hydrogens is 610 g/mol. The lowest BCUT2D eigenvalue weighted by atomic mass is 9.93. The molecule has 5 N–H and O–H groups in total. The van der Waals surface area contributed by atoms with E-state index >= 15 is 0 Å². The van der Waals surface area contributed by atoms with Gasteiger partial charge in [-0.2, -0.15) is 0 Å². The van der Waals surface area contributed by atoms with Gasteiger partial charge in [-0.15, -0.1) is 0 Å². The topological polar surface area (TPSA) is 95.1 Å². The molecule has 0 radical (unpaired) electrons. The van der Waals surface area contributed by atoms with Gasteiger partial charge in [0.2, 0.25) is 5.78 Å². The second-order valence-corrected chi connectivity index (χ2v) is 12.8. The lowest BCUT2D eigenvalue weighted by Crippen LogP contribution is -2.37. The van der Waals surface area contributed by atoms with Crippen LogP contribution in [0, 0.1) is 0 Å². The maximum Gasteiger partial charge on any atom is 0.212 e. The molecule has 0 atom stereocenters. The van der Waals surface area contributed by atoms with Gasteiger partial charge in [-0.3, -0.25) is 15.1 Å². The van der Waals surface area contributed by atoms with Gasteiger partial charge in [-0.25, -0.2) is 0 Å². The third kappa shape index (κ3) is 19.9. The normalized spacial score (nSPS) is 11.9. The smallest absolute Gasteiger partial charge is 0.212 e. The Bertz CT molecular complexity index is 1090. The Morgan fingerprint density at radius 1 is 0.653 bits per heavy atom. The average molecular weight is 684 g/mol. The summed E-state index contributed by atoms with van der Waals surface area (Å²) in [5, 5.41) is 24.7. The summed E-state index contributed by atoms with van der Waals surface area (Å²) in [6.07, 6.45) is 12.9. The summed E-state index contributed by atoms with van der Waals surface area (Å²) in [5.74, 6) is -0.0174. The van der Waals surface area contributed by atoms with Crippen molar-refractivity contribution in [3.8, 4) is 0 Å². The molecule has 0 saturated carbocycles. The highest BCUT2D eigenvalue weighted by molar-refractivity contribution is 6.18. The lowest BCUT2D eigenvalue weighted by Gasteiger charge is -2.25. The highest BCUT2D eigenvalue weighted by Crippen LogP contribution is 2.24. The Kier molecular flexibility index (Phi) is 25.3. The number of hydrogen-bond donors (Lipinski definition) is 5. The van der Waals surface area contributed by atoms with Crippen LogP contribution in [0.2, 0.25) is 0 Å². The van der Waals surface area contributed by atoms with E-state index in [-0.39, 0.29) is 5.78 Å². The Morgan fingerprint density at radius 3 is 1.63 bits per heavy atom. The Labute approximate surface area is 301 Å². The number of Topliss-reactive ketones (excluding diaryl/α,β-unsaturated/α-hetero) is 1. The van der Waals surface area contributed by atoms with Gasteiger partial charge in [-0.1, -0.05) is 53.3 Å². The largest absolute Gasteiger partial charge is 0.389 e. The predicted molar refractivity (Wildman–Crippen MR) is 211 cm³/mol. The molecule has 1 aliphatic rings. The van der Waals surface area contributed by atoms with Crippen LogP contribution >= 0.6 is 0 Å². The first-order chi connectivity index (χ1) is 23.4. The number of carbonyl (C=O) groups is 1. The number of rotatable bonds is 31. The van der Waals surface area contributed by atoms with Gasteiger partial charge in [0.05, 0.1) is 5.70 Å². The van der Waals surface area contributed by atoms with Crippen molar-refractivity contribution in [1.29, 1.82) is 0 Å². The standard InChI is InChI=1S/C38H67N7O2.C2H6/c1-30(2)43(9)27-17-11-14-24-40-31(3)20-22-33(5)44(10)28-18-12-15-25-41-32(4)21-23-34(6)45(47)29-19-13-16-26-42-37-36(39-8)35(7)38(37)46;1-2/h39-42,47H,1,3-7,11-29H2,2,8-10H3;1-2H3. The summed E-state index contributed by atoms with van der Waals surface area (Å²) in [6, 6.07) is 0. The Balaban J connectivity index is 0.0000113. The van der Waals surface area contributed by atoms with Crippen molar-refractivity contribution in [2.24, 2.45) is 0 Å². The molecule has 9 heteroatoms. The van der Waals surface area contributed by atoms with E-state index in [2.05, 4.69) is 84.6 Å². The van der Waals surface area contributed by atoms with Crippen LogP contribution in [0.4, 0.5) is 0 Å². The first-order valence-corrected chi connectivity index (χ1v) is 18.5. The second kappa shape index (κ2) is 27.3. The van der Waals surface area contributed by atoms with Crippen LogP contribution in [0.5, 0.6) is 0 Å². The number of hydroxylamine groups is 2. The molecule has 9 nitrogen and oxygen atoms in total. The van der Waals surface area contributed by atoms with Crippen molar-refractivity contribution in [2.75, 3.05) is 60.4 Å². The summed E-state index contributed by atoms with van der Waals surface area (Å²) >= 11 is 0.